The smallest absolute Gasteiger partial charge is 0.0545 e. The first-order chi connectivity index (χ1) is 5.72. The van der Waals surface area contributed by atoms with Crippen molar-refractivity contribution in [3.05, 3.63) is 0 Å². The van der Waals surface area contributed by atoms with E-state index in [0.717, 1.165) is 19.3 Å². The van der Waals surface area contributed by atoms with Gasteiger partial charge in [0.25, 0.3) is 0 Å². The molecule has 0 atom stereocenters. The largest absolute Gasteiger partial charge is 0.380 e. The summed E-state index contributed by atoms with van der Waals surface area (Å²) in [6, 6.07) is 0.725. The van der Waals surface area contributed by atoms with E-state index in [1.807, 2.05) is 0 Å². The fourth-order valence-corrected chi connectivity index (χ4v) is 2.19. The van der Waals surface area contributed by atoms with Gasteiger partial charge in [0.15, 0.2) is 0 Å². The van der Waals surface area contributed by atoms with E-state index in [9.17, 15) is 0 Å². The number of ether oxygens (including phenoxy) is 1. The van der Waals surface area contributed by atoms with Gasteiger partial charge in [0.05, 0.1) is 13.2 Å². The molecule has 0 unspecified atom stereocenters. The van der Waals surface area contributed by atoms with Crippen molar-refractivity contribution in [2.24, 2.45) is 5.41 Å². The summed E-state index contributed by atoms with van der Waals surface area (Å²) in [5.74, 6) is 0. The van der Waals surface area contributed by atoms with Crippen LogP contribution in [0.4, 0.5) is 0 Å². The predicted molar refractivity (Wildman–Crippen MR) is 49.2 cm³/mol. The van der Waals surface area contributed by atoms with E-state index in [-0.39, 0.29) is 0 Å². The van der Waals surface area contributed by atoms with Crippen LogP contribution in [0, 0.1) is 5.41 Å². The third-order valence-electron chi connectivity index (χ3n) is 3.41. The van der Waals surface area contributed by atoms with Crippen molar-refractivity contribution in [2.45, 2.75) is 32.7 Å². The van der Waals surface area contributed by atoms with Gasteiger partial charge in [0.1, 0.15) is 0 Å². The maximum Gasteiger partial charge on any atom is 0.0545 e. The molecule has 0 aliphatic carbocycles. The Labute approximate surface area is 74.9 Å². The number of rotatable bonds is 1. The van der Waals surface area contributed by atoms with Gasteiger partial charge in [-0.2, -0.15) is 0 Å². The number of hydrogen-bond acceptors (Lipinski definition) is 2. The first kappa shape index (κ1) is 8.52. The molecule has 1 spiro atoms. The topological polar surface area (TPSA) is 12.5 Å². The van der Waals surface area contributed by atoms with Crippen LogP contribution in [0.15, 0.2) is 0 Å². The van der Waals surface area contributed by atoms with Crippen molar-refractivity contribution in [1.29, 1.82) is 0 Å². The molecule has 0 aromatic carbocycles. The lowest BCUT2D eigenvalue weighted by molar-refractivity contribution is -0.141. The summed E-state index contributed by atoms with van der Waals surface area (Å²) in [4.78, 5) is 2.57. The molecule has 2 rings (SSSR count). The second-order valence-electron chi connectivity index (χ2n) is 4.62. The van der Waals surface area contributed by atoms with Crippen molar-refractivity contribution in [3.63, 3.8) is 0 Å². The maximum absolute atomic E-state index is 5.29. The minimum Gasteiger partial charge on any atom is -0.380 e. The average Bonchev–Trinajstić information content (AvgIpc) is 2.02. The Balaban J connectivity index is 1.84. The molecule has 2 saturated heterocycles. The Bertz CT molecular complexity index is 153. The minimum atomic E-state index is 0.603. The normalized spacial score (nSPS) is 29.2. The molecule has 2 fully saturated rings. The molecule has 70 valence electrons. The Morgan fingerprint density at radius 1 is 1.17 bits per heavy atom. The molecule has 0 saturated carbocycles. The summed E-state index contributed by atoms with van der Waals surface area (Å²) in [5.41, 5.74) is 0.603. The Morgan fingerprint density at radius 2 is 1.75 bits per heavy atom. The molecular formula is C10H19NO. The highest BCUT2D eigenvalue weighted by atomic mass is 16.5. The van der Waals surface area contributed by atoms with Crippen LogP contribution in [0.3, 0.4) is 0 Å². The second kappa shape index (κ2) is 3.00. The lowest BCUT2D eigenvalue weighted by Crippen LogP contribution is -2.52. The summed E-state index contributed by atoms with van der Waals surface area (Å²) >= 11 is 0. The van der Waals surface area contributed by atoms with E-state index in [1.165, 1.54) is 25.9 Å². The predicted octanol–water partition coefficient (Wildman–Crippen LogP) is 1.51. The van der Waals surface area contributed by atoms with Crippen LogP contribution in [-0.4, -0.2) is 37.2 Å². The fourth-order valence-electron chi connectivity index (χ4n) is 2.19. The van der Waals surface area contributed by atoms with Crippen LogP contribution in [0.25, 0.3) is 0 Å². The van der Waals surface area contributed by atoms with Crippen LogP contribution < -0.4 is 0 Å². The first-order valence-corrected chi connectivity index (χ1v) is 5.04. The van der Waals surface area contributed by atoms with Crippen LogP contribution in [0.1, 0.15) is 26.7 Å². The highest BCUT2D eigenvalue weighted by Gasteiger charge is 2.41. The molecule has 2 aliphatic rings. The van der Waals surface area contributed by atoms with Crippen molar-refractivity contribution in [1.82, 2.24) is 4.90 Å². The van der Waals surface area contributed by atoms with Gasteiger partial charge in [-0.05, 0) is 39.8 Å². The summed E-state index contributed by atoms with van der Waals surface area (Å²) in [6.45, 7) is 9.18. The van der Waals surface area contributed by atoms with Gasteiger partial charge in [-0.3, -0.25) is 0 Å². The van der Waals surface area contributed by atoms with Gasteiger partial charge in [-0.1, -0.05) is 0 Å². The summed E-state index contributed by atoms with van der Waals surface area (Å²) in [6.07, 6.45) is 2.70. The quantitative estimate of drug-likeness (QED) is 0.590. The lowest BCUT2D eigenvalue weighted by Gasteiger charge is -2.48. The van der Waals surface area contributed by atoms with E-state index >= 15 is 0 Å². The summed E-state index contributed by atoms with van der Waals surface area (Å²) in [5, 5.41) is 0. The van der Waals surface area contributed by atoms with E-state index < -0.39 is 0 Å². The zero-order valence-corrected chi connectivity index (χ0v) is 8.18. The first-order valence-electron chi connectivity index (χ1n) is 5.04. The Hall–Kier alpha value is -0.0800. The van der Waals surface area contributed by atoms with Crippen LogP contribution in [-0.2, 0) is 4.74 Å². The van der Waals surface area contributed by atoms with Crippen molar-refractivity contribution < 1.29 is 4.74 Å². The highest BCUT2D eigenvalue weighted by Crippen LogP contribution is 2.38. The molecule has 2 aliphatic heterocycles. The highest BCUT2D eigenvalue weighted by molar-refractivity contribution is 4.91. The zero-order chi connectivity index (χ0) is 8.60. The van der Waals surface area contributed by atoms with E-state index in [0.29, 0.717) is 5.41 Å². The summed E-state index contributed by atoms with van der Waals surface area (Å²) < 4.78 is 5.29. The van der Waals surface area contributed by atoms with Gasteiger partial charge < -0.3 is 9.64 Å². The Morgan fingerprint density at radius 3 is 2.08 bits per heavy atom. The summed E-state index contributed by atoms with van der Waals surface area (Å²) in [7, 11) is 0. The fraction of sp³-hybridized carbons (Fsp3) is 1.00. The van der Waals surface area contributed by atoms with E-state index in [1.54, 1.807) is 0 Å². The van der Waals surface area contributed by atoms with Gasteiger partial charge in [-0.15, -0.1) is 0 Å². The van der Waals surface area contributed by atoms with Gasteiger partial charge >= 0.3 is 0 Å². The minimum absolute atomic E-state index is 0.603. The molecular weight excluding hydrogens is 150 g/mol. The molecule has 0 radical (unpaired) electrons. The molecule has 0 amide bonds. The second-order valence-corrected chi connectivity index (χ2v) is 4.62. The molecule has 0 aromatic heterocycles. The molecule has 2 nitrogen and oxygen atoms in total. The standard InChI is InChI=1S/C10H19NO/c1-9(2)11-5-3-10(4-6-11)7-12-8-10/h9H,3-8H2,1-2H3. The van der Waals surface area contributed by atoms with Crippen molar-refractivity contribution in [2.75, 3.05) is 26.3 Å². The van der Waals surface area contributed by atoms with E-state index in [4.69, 9.17) is 4.74 Å². The van der Waals surface area contributed by atoms with Gasteiger partial charge in [0, 0.05) is 11.5 Å². The van der Waals surface area contributed by atoms with Crippen molar-refractivity contribution in [3.8, 4) is 0 Å². The average molecular weight is 169 g/mol. The third-order valence-corrected chi connectivity index (χ3v) is 3.41. The molecule has 12 heavy (non-hydrogen) atoms. The van der Waals surface area contributed by atoms with Crippen LogP contribution in [0.2, 0.25) is 0 Å². The SMILES string of the molecule is CC(C)N1CCC2(CC1)COC2. The van der Waals surface area contributed by atoms with Gasteiger partial charge in [-0.25, -0.2) is 0 Å². The van der Waals surface area contributed by atoms with E-state index in [2.05, 4.69) is 18.7 Å². The third kappa shape index (κ3) is 1.38. The number of likely N-dealkylation sites (tertiary alicyclic amines) is 1. The number of nitrogens with zero attached hydrogens (tertiary/aromatic N) is 1. The van der Waals surface area contributed by atoms with Gasteiger partial charge in [0.2, 0.25) is 0 Å². The number of piperidine rings is 1. The van der Waals surface area contributed by atoms with Crippen LogP contribution >= 0.6 is 0 Å². The molecule has 0 bridgehead atoms. The maximum atomic E-state index is 5.29. The zero-order valence-electron chi connectivity index (χ0n) is 8.18. The lowest BCUT2D eigenvalue weighted by atomic mass is 9.76. The monoisotopic (exact) mass is 169 g/mol. The Kier molecular flexibility index (Phi) is 2.13. The van der Waals surface area contributed by atoms with Crippen molar-refractivity contribution >= 4 is 0 Å². The molecule has 2 heteroatoms. The number of hydrogen-bond donors (Lipinski definition) is 0. The molecule has 0 aromatic rings. The molecule has 2 heterocycles. The van der Waals surface area contributed by atoms with Crippen LogP contribution in [0.5, 0.6) is 0 Å². The molecule has 0 N–H and O–H groups in total.